The Labute approximate surface area is 95.7 Å². The van der Waals surface area contributed by atoms with Gasteiger partial charge in [-0.2, -0.15) is 0 Å². The summed E-state index contributed by atoms with van der Waals surface area (Å²) in [6.07, 6.45) is 2.65. The normalized spacial score (nSPS) is 16.3. The highest BCUT2D eigenvalue weighted by Crippen LogP contribution is 2.25. The minimum absolute atomic E-state index is 0.00106. The first-order valence-corrected chi connectivity index (χ1v) is 6.00. The van der Waals surface area contributed by atoms with Crippen molar-refractivity contribution in [3.05, 3.63) is 16.6 Å². The Hall–Kier alpha value is -0.450. The maximum Gasteiger partial charge on any atom is 0.0941 e. The second kappa shape index (κ2) is 5.05. The molecular weight excluding hydrogens is 208 g/mol. The van der Waals surface area contributed by atoms with Crippen LogP contribution >= 0.6 is 11.3 Å². The average molecular weight is 228 g/mol. The molecule has 0 amide bonds. The lowest BCUT2D eigenvalue weighted by Crippen LogP contribution is -2.45. The highest BCUT2D eigenvalue weighted by molar-refractivity contribution is 7.09. The molecule has 2 N–H and O–H groups in total. The van der Waals surface area contributed by atoms with E-state index in [2.05, 4.69) is 25.8 Å². The lowest BCUT2D eigenvalue weighted by molar-refractivity contribution is -0.00166. The molecule has 0 aromatic carbocycles. The maximum absolute atomic E-state index is 6.15. The SMILES string of the molecule is COC(C(N)Cc1nccs1)C(C)(C)C. The standard InChI is InChI=1S/C11H20N2OS/c1-11(2,3)10(14-4)8(12)7-9-13-5-6-15-9/h5-6,8,10H,7,12H2,1-4H3. The van der Waals surface area contributed by atoms with E-state index >= 15 is 0 Å². The fourth-order valence-electron chi connectivity index (χ4n) is 1.83. The molecule has 0 aliphatic carbocycles. The first kappa shape index (κ1) is 12.6. The number of nitrogens with two attached hydrogens (primary N) is 1. The maximum atomic E-state index is 6.15. The second-order valence-electron chi connectivity index (χ2n) is 4.82. The van der Waals surface area contributed by atoms with Gasteiger partial charge in [-0.3, -0.25) is 0 Å². The molecule has 15 heavy (non-hydrogen) atoms. The van der Waals surface area contributed by atoms with Crippen LogP contribution in [0, 0.1) is 5.41 Å². The van der Waals surface area contributed by atoms with Crippen LogP contribution in [0.25, 0.3) is 0 Å². The van der Waals surface area contributed by atoms with Crippen molar-refractivity contribution in [2.75, 3.05) is 7.11 Å². The van der Waals surface area contributed by atoms with Crippen molar-refractivity contribution in [2.45, 2.75) is 39.3 Å². The zero-order valence-electron chi connectivity index (χ0n) is 9.86. The predicted molar refractivity (Wildman–Crippen MR) is 64.0 cm³/mol. The largest absolute Gasteiger partial charge is 0.379 e. The molecule has 0 saturated carbocycles. The summed E-state index contributed by atoms with van der Waals surface area (Å²) >= 11 is 1.64. The molecule has 3 nitrogen and oxygen atoms in total. The van der Waals surface area contributed by atoms with Gasteiger partial charge in [0.05, 0.1) is 11.1 Å². The van der Waals surface area contributed by atoms with Gasteiger partial charge in [-0.25, -0.2) is 4.98 Å². The summed E-state index contributed by atoms with van der Waals surface area (Å²) in [5, 5.41) is 3.05. The molecule has 1 heterocycles. The molecular formula is C11H20N2OS. The van der Waals surface area contributed by atoms with Crippen LogP contribution in [0.2, 0.25) is 0 Å². The molecule has 4 heteroatoms. The molecule has 0 fully saturated rings. The summed E-state index contributed by atoms with van der Waals surface area (Å²) in [6.45, 7) is 6.43. The van der Waals surface area contributed by atoms with Crippen LogP contribution in [-0.4, -0.2) is 24.2 Å². The Bertz CT molecular complexity index is 279. The van der Waals surface area contributed by atoms with E-state index in [0.717, 1.165) is 11.4 Å². The van der Waals surface area contributed by atoms with E-state index in [1.54, 1.807) is 18.4 Å². The zero-order chi connectivity index (χ0) is 11.5. The smallest absolute Gasteiger partial charge is 0.0941 e. The molecule has 86 valence electrons. The van der Waals surface area contributed by atoms with Crippen LogP contribution in [0.1, 0.15) is 25.8 Å². The van der Waals surface area contributed by atoms with Gasteiger partial charge >= 0.3 is 0 Å². The third-order valence-corrected chi connectivity index (χ3v) is 3.19. The van der Waals surface area contributed by atoms with E-state index in [0.29, 0.717) is 0 Å². The lowest BCUT2D eigenvalue weighted by Gasteiger charge is -2.33. The van der Waals surface area contributed by atoms with E-state index in [1.807, 2.05) is 11.6 Å². The number of methoxy groups -OCH3 is 1. The van der Waals surface area contributed by atoms with E-state index in [4.69, 9.17) is 10.5 Å². The zero-order valence-corrected chi connectivity index (χ0v) is 10.7. The van der Waals surface area contributed by atoms with Gasteiger partial charge in [0.1, 0.15) is 0 Å². The molecule has 0 saturated heterocycles. The van der Waals surface area contributed by atoms with Crippen LogP contribution in [0.15, 0.2) is 11.6 Å². The van der Waals surface area contributed by atoms with Gasteiger partial charge in [0, 0.05) is 31.1 Å². The Morgan fingerprint density at radius 2 is 2.20 bits per heavy atom. The molecule has 2 atom stereocenters. The van der Waals surface area contributed by atoms with Crippen LogP contribution in [0.4, 0.5) is 0 Å². The minimum atomic E-state index is 0.00106. The monoisotopic (exact) mass is 228 g/mol. The number of hydrogen-bond donors (Lipinski definition) is 1. The third-order valence-electron chi connectivity index (χ3n) is 2.39. The number of nitrogens with zero attached hydrogens (tertiary/aromatic N) is 1. The van der Waals surface area contributed by atoms with Gasteiger partial charge in [-0.15, -0.1) is 11.3 Å². The van der Waals surface area contributed by atoms with Crippen molar-refractivity contribution >= 4 is 11.3 Å². The summed E-state index contributed by atoms with van der Waals surface area (Å²) in [4.78, 5) is 4.24. The quantitative estimate of drug-likeness (QED) is 0.858. The molecule has 1 rings (SSSR count). The fraction of sp³-hybridized carbons (Fsp3) is 0.727. The van der Waals surface area contributed by atoms with Gasteiger partial charge in [-0.05, 0) is 5.41 Å². The van der Waals surface area contributed by atoms with Crippen molar-refractivity contribution in [1.82, 2.24) is 4.98 Å². The molecule has 2 unspecified atom stereocenters. The molecule has 0 radical (unpaired) electrons. The number of rotatable bonds is 4. The third kappa shape index (κ3) is 3.55. The van der Waals surface area contributed by atoms with Crippen LogP contribution < -0.4 is 5.73 Å². The molecule has 1 aromatic heterocycles. The Balaban J connectivity index is 2.62. The topological polar surface area (TPSA) is 48.1 Å². The molecule has 0 bridgehead atoms. The summed E-state index contributed by atoms with van der Waals surface area (Å²) in [7, 11) is 1.72. The summed E-state index contributed by atoms with van der Waals surface area (Å²) in [5.74, 6) is 0. The van der Waals surface area contributed by atoms with Crippen molar-refractivity contribution in [3.8, 4) is 0 Å². The Kier molecular flexibility index (Phi) is 4.25. The van der Waals surface area contributed by atoms with Crippen molar-refractivity contribution < 1.29 is 4.74 Å². The molecule has 1 aromatic rings. The number of aromatic nitrogens is 1. The Morgan fingerprint density at radius 1 is 1.53 bits per heavy atom. The van der Waals surface area contributed by atoms with Gasteiger partial charge in [0.15, 0.2) is 0 Å². The number of thiazole rings is 1. The van der Waals surface area contributed by atoms with E-state index < -0.39 is 0 Å². The van der Waals surface area contributed by atoms with Crippen LogP contribution in [-0.2, 0) is 11.2 Å². The van der Waals surface area contributed by atoms with E-state index in [9.17, 15) is 0 Å². The molecule has 0 spiro atoms. The summed E-state index contributed by atoms with van der Waals surface area (Å²) < 4.78 is 5.48. The van der Waals surface area contributed by atoms with Gasteiger partial charge in [0.25, 0.3) is 0 Å². The highest BCUT2D eigenvalue weighted by Gasteiger charge is 2.30. The van der Waals surface area contributed by atoms with Crippen molar-refractivity contribution in [2.24, 2.45) is 11.1 Å². The first-order chi connectivity index (χ1) is 6.95. The molecule has 0 aliphatic rings. The van der Waals surface area contributed by atoms with Gasteiger partial charge in [-0.1, -0.05) is 20.8 Å². The minimum Gasteiger partial charge on any atom is -0.379 e. The fourth-order valence-corrected chi connectivity index (χ4v) is 2.52. The van der Waals surface area contributed by atoms with Crippen molar-refractivity contribution in [1.29, 1.82) is 0 Å². The van der Waals surface area contributed by atoms with Gasteiger partial charge in [0.2, 0.25) is 0 Å². The Morgan fingerprint density at radius 3 is 2.60 bits per heavy atom. The number of hydrogen-bond acceptors (Lipinski definition) is 4. The van der Waals surface area contributed by atoms with Crippen molar-refractivity contribution in [3.63, 3.8) is 0 Å². The first-order valence-electron chi connectivity index (χ1n) is 5.12. The van der Waals surface area contributed by atoms with Crippen LogP contribution in [0.3, 0.4) is 0 Å². The van der Waals surface area contributed by atoms with Crippen LogP contribution in [0.5, 0.6) is 0 Å². The average Bonchev–Trinajstić information content (AvgIpc) is 2.54. The highest BCUT2D eigenvalue weighted by atomic mass is 32.1. The van der Waals surface area contributed by atoms with Gasteiger partial charge < -0.3 is 10.5 Å². The molecule has 0 aliphatic heterocycles. The summed E-state index contributed by atoms with van der Waals surface area (Å²) in [5.41, 5.74) is 6.21. The van der Waals surface area contributed by atoms with E-state index in [-0.39, 0.29) is 17.6 Å². The predicted octanol–water partition coefficient (Wildman–Crippen LogP) is 2.07. The number of ether oxygens (including phenoxy) is 1. The summed E-state index contributed by atoms with van der Waals surface area (Å²) in [6, 6.07) is 0.00106. The van der Waals surface area contributed by atoms with E-state index in [1.165, 1.54) is 0 Å². The lowest BCUT2D eigenvalue weighted by atomic mass is 9.84. The second-order valence-corrected chi connectivity index (χ2v) is 5.80.